The minimum atomic E-state index is -0.111. The molecule has 5 nitrogen and oxygen atoms in total. The van der Waals surface area contributed by atoms with Crippen LogP contribution in [0.1, 0.15) is 5.89 Å². The molecule has 29 heavy (non-hydrogen) atoms. The molecule has 5 aromatic rings. The SMILES string of the molecule is O=c1c2sc(-c3ccc(Cl)cc3)cc2ncn1Cc1ncc(-c2ccccc2)o1. The molecule has 0 bridgehead atoms. The third-order valence-electron chi connectivity index (χ3n) is 4.55. The van der Waals surface area contributed by atoms with Gasteiger partial charge in [-0.1, -0.05) is 54.1 Å². The van der Waals surface area contributed by atoms with E-state index in [9.17, 15) is 4.79 Å². The van der Waals surface area contributed by atoms with Crippen LogP contribution in [-0.2, 0) is 6.54 Å². The van der Waals surface area contributed by atoms with Gasteiger partial charge in [-0.15, -0.1) is 11.3 Å². The second-order valence-electron chi connectivity index (χ2n) is 6.49. The van der Waals surface area contributed by atoms with Gasteiger partial charge in [-0.2, -0.15) is 0 Å². The lowest BCUT2D eigenvalue weighted by Crippen LogP contribution is -2.20. The highest BCUT2D eigenvalue weighted by Crippen LogP contribution is 2.31. The summed E-state index contributed by atoms with van der Waals surface area (Å²) in [5, 5.41) is 0.677. The molecule has 0 saturated heterocycles. The van der Waals surface area contributed by atoms with Crippen molar-refractivity contribution in [2.45, 2.75) is 6.54 Å². The highest BCUT2D eigenvalue weighted by molar-refractivity contribution is 7.22. The summed E-state index contributed by atoms with van der Waals surface area (Å²) in [5.74, 6) is 1.13. The van der Waals surface area contributed by atoms with E-state index in [2.05, 4.69) is 9.97 Å². The van der Waals surface area contributed by atoms with E-state index in [1.54, 1.807) is 6.20 Å². The first-order valence-corrected chi connectivity index (χ1v) is 10.1. The van der Waals surface area contributed by atoms with Gasteiger partial charge in [-0.3, -0.25) is 9.36 Å². The monoisotopic (exact) mass is 419 g/mol. The van der Waals surface area contributed by atoms with Crippen LogP contribution in [0.15, 0.2) is 82.4 Å². The summed E-state index contributed by atoms with van der Waals surface area (Å²) in [6, 6.07) is 19.2. The molecule has 3 heterocycles. The fourth-order valence-electron chi connectivity index (χ4n) is 3.08. The molecule has 3 aromatic heterocycles. The van der Waals surface area contributed by atoms with Crippen molar-refractivity contribution in [3.8, 4) is 21.8 Å². The lowest BCUT2D eigenvalue weighted by Gasteiger charge is -2.01. The lowest BCUT2D eigenvalue weighted by molar-refractivity contribution is 0.484. The van der Waals surface area contributed by atoms with Crippen LogP contribution in [0.4, 0.5) is 0 Å². The molecule has 0 N–H and O–H groups in total. The molecule has 0 fully saturated rings. The van der Waals surface area contributed by atoms with E-state index in [0.29, 0.717) is 26.9 Å². The Balaban J connectivity index is 1.47. The Morgan fingerprint density at radius 1 is 1.00 bits per heavy atom. The van der Waals surface area contributed by atoms with Crippen LogP contribution in [0.2, 0.25) is 5.02 Å². The molecular formula is C22H14ClN3O2S. The Kier molecular flexibility index (Phi) is 4.50. The first-order valence-electron chi connectivity index (χ1n) is 8.92. The van der Waals surface area contributed by atoms with Gasteiger partial charge in [0, 0.05) is 15.5 Å². The van der Waals surface area contributed by atoms with Gasteiger partial charge >= 0.3 is 0 Å². The Bertz CT molecular complexity index is 1350. The summed E-state index contributed by atoms with van der Waals surface area (Å²) in [7, 11) is 0. The number of halogens is 1. The zero-order valence-corrected chi connectivity index (χ0v) is 16.7. The number of benzene rings is 2. The van der Waals surface area contributed by atoms with Crippen LogP contribution in [0, 0.1) is 0 Å². The fourth-order valence-corrected chi connectivity index (χ4v) is 4.27. The van der Waals surface area contributed by atoms with E-state index >= 15 is 0 Å². The zero-order chi connectivity index (χ0) is 19.8. The number of hydrogen-bond donors (Lipinski definition) is 0. The van der Waals surface area contributed by atoms with Gasteiger partial charge in [0.25, 0.3) is 5.56 Å². The molecule has 142 valence electrons. The van der Waals surface area contributed by atoms with Crippen molar-refractivity contribution in [2.75, 3.05) is 0 Å². The van der Waals surface area contributed by atoms with Crippen molar-refractivity contribution < 1.29 is 4.42 Å². The van der Waals surface area contributed by atoms with Crippen molar-refractivity contribution in [3.63, 3.8) is 0 Å². The average molecular weight is 420 g/mol. The number of hydrogen-bond acceptors (Lipinski definition) is 5. The van der Waals surface area contributed by atoms with Gasteiger partial charge < -0.3 is 4.42 Å². The summed E-state index contributed by atoms with van der Waals surface area (Å²) in [6.07, 6.45) is 3.21. The van der Waals surface area contributed by atoms with Gasteiger partial charge in [-0.05, 0) is 23.8 Å². The summed E-state index contributed by atoms with van der Waals surface area (Å²) in [6.45, 7) is 0.225. The van der Waals surface area contributed by atoms with Crippen molar-refractivity contribution >= 4 is 33.2 Å². The van der Waals surface area contributed by atoms with Gasteiger partial charge in [-0.25, -0.2) is 9.97 Å². The number of rotatable bonds is 4. The molecule has 0 unspecified atom stereocenters. The van der Waals surface area contributed by atoms with Gasteiger partial charge in [0.05, 0.1) is 18.0 Å². The molecular weight excluding hydrogens is 406 g/mol. The maximum Gasteiger partial charge on any atom is 0.271 e. The molecule has 0 aliphatic carbocycles. The molecule has 2 aromatic carbocycles. The minimum absolute atomic E-state index is 0.111. The maximum absolute atomic E-state index is 13.0. The lowest BCUT2D eigenvalue weighted by atomic mass is 10.2. The first kappa shape index (κ1) is 17.8. The summed E-state index contributed by atoms with van der Waals surface area (Å²) >= 11 is 7.38. The second kappa shape index (κ2) is 7.31. The van der Waals surface area contributed by atoms with Crippen molar-refractivity contribution in [2.24, 2.45) is 0 Å². The van der Waals surface area contributed by atoms with Crippen molar-refractivity contribution in [3.05, 3.63) is 94.5 Å². The summed E-state index contributed by atoms with van der Waals surface area (Å²) in [5.41, 5.74) is 2.51. The molecule has 0 atom stereocenters. The van der Waals surface area contributed by atoms with Gasteiger partial charge in [0.2, 0.25) is 5.89 Å². The van der Waals surface area contributed by atoms with E-state index in [0.717, 1.165) is 16.0 Å². The Labute approximate surface area is 174 Å². The fraction of sp³-hybridized carbons (Fsp3) is 0.0455. The van der Waals surface area contributed by atoms with E-state index in [4.69, 9.17) is 16.0 Å². The van der Waals surface area contributed by atoms with Gasteiger partial charge in [0.15, 0.2) is 5.76 Å². The minimum Gasteiger partial charge on any atom is -0.439 e. The third-order valence-corrected chi connectivity index (χ3v) is 5.96. The molecule has 0 radical (unpaired) electrons. The van der Waals surface area contributed by atoms with Crippen molar-refractivity contribution in [1.29, 1.82) is 0 Å². The standard InChI is InChI=1S/C22H14ClN3O2S/c23-16-8-6-15(7-9-16)19-10-17-21(29-19)22(27)26(13-25-17)12-20-24-11-18(28-20)14-4-2-1-3-5-14/h1-11,13H,12H2. The van der Waals surface area contributed by atoms with E-state index < -0.39 is 0 Å². The summed E-state index contributed by atoms with van der Waals surface area (Å²) < 4.78 is 7.94. The van der Waals surface area contributed by atoms with E-state index in [-0.39, 0.29) is 12.1 Å². The molecule has 0 aliphatic rings. The van der Waals surface area contributed by atoms with Crippen LogP contribution in [0.3, 0.4) is 0 Å². The van der Waals surface area contributed by atoms with Crippen LogP contribution in [-0.4, -0.2) is 14.5 Å². The maximum atomic E-state index is 13.0. The number of fused-ring (bicyclic) bond motifs is 1. The molecule has 5 rings (SSSR count). The molecule has 0 spiro atoms. The number of nitrogens with zero attached hydrogens (tertiary/aromatic N) is 3. The van der Waals surface area contributed by atoms with E-state index in [1.165, 1.54) is 22.2 Å². The Hall–Kier alpha value is -3.22. The predicted octanol–water partition coefficient (Wildman–Crippen LogP) is 5.48. The topological polar surface area (TPSA) is 60.9 Å². The Morgan fingerprint density at radius 3 is 2.59 bits per heavy atom. The summed E-state index contributed by atoms with van der Waals surface area (Å²) in [4.78, 5) is 22.7. The van der Waals surface area contributed by atoms with Gasteiger partial charge in [0.1, 0.15) is 11.2 Å². The normalized spacial score (nSPS) is 11.2. The smallest absolute Gasteiger partial charge is 0.271 e. The highest BCUT2D eigenvalue weighted by atomic mass is 35.5. The Morgan fingerprint density at radius 2 is 1.79 bits per heavy atom. The average Bonchev–Trinajstić information content (AvgIpc) is 3.39. The predicted molar refractivity (Wildman–Crippen MR) is 115 cm³/mol. The van der Waals surface area contributed by atoms with Crippen molar-refractivity contribution in [1.82, 2.24) is 14.5 Å². The number of oxazole rings is 1. The highest BCUT2D eigenvalue weighted by Gasteiger charge is 2.13. The number of aromatic nitrogens is 3. The first-order chi connectivity index (χ1) is 14.2. The van der Waals surface area contributed by atoms with E-state index in [1.807, 2.05) is 60.7 Å². The van der Waals surface area contributed by atoms with Crippen LogP contribution >= 0.6 is 22.9 Å². The second-order valence-corrected chi connectivity index (χ2v) is 7.98. The number of thiophene rings is 1. The molecule has 0 saturated carbocycles. The van der Waals surface area contributed by atoms with Crippen LogP contribution < -0.4 is 5.56 Å². The quantitative estimate of drug-likeness (QED) is 0.387. The molecule has 7 heteroatoms. The molecule has 0 amide bonds. The molecule has 0 aliphatic heterocycles. The zero-order valence-electron chi connectivity index (χ0n) is 15.1. The van der Waals surface area contributed by atoms with Crippen LogP contribution in [0.25, 0.3) is 32.0 Å². The van der Waals surface area contributed by atoms with Crippen LogP contribution in [0.5, 0.6) is 0 Å². The largest absolute Gasteiger partial charge is 0.439 e. The third kappa shape index (κ3) is 3.48.